The van der Waals surface area contributed by atoms with Crippen LogP contribution < -0.4 is 20.8 Å². The molecule has 1 aliphatic carbocycles. The van der Waals surface area contributed by atoms with Gasteiger partial charge in [0.25, 0.3) is 0 Å². The normalized spacial score (nSPS) is 20.5. The number of rotatable bonds is 14. The van der Waals surface area contributed by atoms with Gasteiger partial charge in [0, 0.05) is 12.6 Å². The fraction of sp³-hybridized carbons (Fsp3) is 0.583. The minimum absolute atomic E-state index is 0.0217. The molecule has 1 aliphatic heterocycles. The van der Waals surface area contributed by atoms with E-state index in [9.17, 15) is 19.1 Å². The zero-order valence-corrected chi connectivity index (χ0v) is 19.6. The second kappa shape index (κ2) is 12.6. The van der Waals surface area contributed by atoms with E-state index < -0.39 is 11.4 Å². The Balaban J connectivity index is 1.36. The van der Waals surface area contributed by atoms with E-state index in [4.69, 9.17) is 4.74 Å². The molecule has 0 aromatic heterocycles. The predicted molar refractivity (Wildman–Crippen MR) is 124 cm³/mol. The molecular formula is C24H34FN5O4. The van der Waals surface area contributed by atoms with Crippen molar-refractivity contribution in [2.45, 2.75) is 63.5 Å². The molecule has 0 spiro atoms. The van der Waals surface area contributed by atoms with Crippen molar-refractivity contribution >= 4 is 11.8 Å². The van der Waals surface area contributed by atoms with Crippen molar-refractivity contribution in [3.63, 3.8) is 0 Å². The first-order chi connectivity index (χ1) is 16.4. The first kappa shape index (κ1) is 25.8. The first-order valence-corrected chi connectivity index (χ1v) is 11.9. The van der Waals surface area contributed by atoms with Gasteiger partial charge in [-0.2, -0.15) is 5.11 Å². The number of ether oxygens (including phenoxy) is 1. The third-order valence-electron chi connectivity index (χ3n) is 6.06. The van der Waals surface area contributed by atoms with Gasteiger partial charge in [-0.15, -0.1) is 0 Å². The summed E-state index contributed by atoms with van der Waals surface area (Å²) >= 11 is 0. The maximum absolute atomic E-state index is 14.1. The van der Waals surface area contributed by atoms with Gasteiger partial charge in [-0.05, 0) is 68.7 Å². The Labute approximate surface area is 199 Å². The van der Waals surface area contributed by atoms with E-state index in [1.165, 1.54) is 6.07 Å². The second-order valence-corrected chi connectivity index (χ2v) is 8.82. The molecule has 1 aromatic rings. The second-order valence-electron chi connectivity index (χ2n) is 8.82. The number of unbranched alkanes of at least 4 members (excludes halogenated alkanes) is 1. The minimum Gasteiger partial charge on any atom is -0.490 e. The molecule has 10 heteroatoms. The molecule has 1 unspecified atom stereocenters. The lowest BCUT2D eigenvalue weighted by molar-refractivity contribution is -0.134. The zero-order chi connectivity index (χ0) is 24.4. The number of hydrogen-bond acceptors (Lipinski definition) is 7. The maximum atomic E-state index is 14.1. The number of aliphatic hydroxyl groups is 1. The van der Waals surface area contributed by atoms with Crippen LogP contribution in [0.3, 0.4) is 0 Å². The van der Waals surface area contributed by atoms with Crippen LogP contribution in [0.25, 0.3) is 0 Å². The average Bonchev–Trinajstić information content (AvgIpc) is 3.65. The Kier molecular flexibility index (Phi) is 9.52. The van der Waals surface area contributed by atoms with Crippen LogP contribution in [0.5, 0.6) is 5.75 Å². The Morgan fingerprint density at radius 3 is 2.88 bits per heavy atom. The predicted octanol–water partition coefficient (Wildman–Crippen LogP) is 2.86. The fourth-order valence-electron chi connectivity index (χ4n) is 3.55. The number of allylic oxidation sites excluding steroid dienone is 1. The molecule has 0 bridgehead atoms. The number of imide groups is 1. The van der Waals surface area contributed by atoms with Crippen molar-refractivity contribution in [2.24, 2.45) is 16.3 Å². The van der Waals surface area contributed by atoms with Gasteiger partial charge in [-0.3, -0.25) is 20.3 Å². The van der Waals surface area contributed by atoms with Gasteiger partial charge in [0.05, 0.1) is 19.2 Å². The van der Waals surface area contributed by atoms with Gasteiger partial charge in [0.1, 0.15) is 5.60 Å². The monoisotopic (exact) mass is 475 g/mol. The fourth-order valence-corrected chi connectivity index (χ4v) is 3.55. The smallest absolute Gasteiger partial charge is 0.243 e. The number of carbonyl (C=O) groups excluding carboxylic acids is 2. The van der Waals surface area contributed by atoms with E-state index >= 15 is 0 Å². The summed E-state index contributed by atoms with van der Waals surface area (Å²) in [6.07, 6.45) is 8.63. The zero-order valence-electron chi connectivity index (χ0n) is 19.6. The summed E-state index contributed by atoms with van der Waals surface area (Å²) in [5, 5.41) is 24.4. The Hall–Kier alpha value is -2.85. The molecule has 1 saturated carbocycles. The maximum Gasteiger partial charge on any atom is 0.243 e. The molecule has 2 amide bonds. The molecule has 1 saturated heterocycles. The number of nitrogens with zero attached hydrogens (tertiary/aromatic N) is 2. The largest absolute Gasteiger partial charge is 0.490 e. The SMILES string of the molecule is CC[C@@](O)(CN=NN/C=C/CCCNC1CCC(=O)NC1=O)c1ccc(F)c(OCC2CC2)c1. The number of hydrogen-bond donors (Lipinski definition) is 4. The number of piperidine rings is 1. The number of halogens is 1. The minimum atomic E-state index is -1.28. The topological polar surface area (TPSA) is 124 Å². The van der Waals surface area contributed by atoms with Crippen LogP contribution >= 0.6 is 0 Å². The highest BCUT2D eigenvalue weighted by molar-refractivity contribution is 6.00. The van der Waals surface area contributed by atoms with Crippen LogP contribution in [-0.4, -0.2) is 42.7 Å². The third-order valence-corrected chi connectivity index (χ3v) is 6.06. The van der Waals surface area contributed by atoms with E-state index in [0.29, 0.717) is 43.9 Å². The first-order valence-electron chi connectivity index (χ1n) is 11.9. The van der Waals surface area contributed by atoms with Crippen molar-refractivity contribution in [2.75, 3.05) is 19.7 Å². The van der Waals surface area contributed by atoms with E-state index in [-0.39, 0.29) is 30.2 Å². The highest BCUT2D eigenvalue weighted by Gasteiger charge is 2.29. The van der Waals surface area contributed by atoms with Gasteiger partial charge in [-0.25, -0.2) is 4.39 Å². The molecule has 9 nitrogen and oxygen atoms in total. The third kappa shape index (κ3) is 7.88. The summed E-state index contributed by atoms with van der Waals surface area (Å²) in [6, 6.07) is 4.10. The van der Waals surface area contributed by atoms with E-state index in [0.717, 1.165) is 25.7 Å². The lowest BCUT2D eigenvalue weighted by Gasteiger charge is -2.25. The molecule has 34 heavy (non-hydrogen) atoms. The summed E-state index contributed by atoms with van der Waals surface area (Å²) in [6.45, 7) is 3.01. The van der Waals surface area contributed by atoms with Crippen molar-refractivity contribution in [3.8, 4) is 5.75 Å². The van der Waals surface area contributed by atoms with Crippen LogP contribution in [0.1, 0.15) is 57.4 Å². The van der Waals surface area contributed by atoms with E-state index in [1.54, 1.807) is 18.3 Å². The van der Waals surface area contributed by atoms with Crippen LogP contribution in [0.4, 0.5) is 4.39 Å². The number of nitrogens with one attached hydrogen (secondary N) is 3. The molecule has 3 rings (SSSR count). The molecule has 0 radical (unpaired) electrons. The standard InChI is InChI=1S/C24H34FN5O4/c1-2-24(33,18-8-9-19(25)21(14-18)34-15-17-6-7-17)16-28-30-27-13-5-3-4-12-26-20-10-11-22(31)29-23(20)32/h5,8-9,13-14,17,20,26,33H,2-4,6-7,10-12,15-16H2,1H3,(H,27,28)(H,29,31,32)/b13-5+/t20?,24-/m1/s1. The highest BCUT2D eigenvalue weighted by atomic mass is 19.1. The highest BCUT2D eigenvalue weighted by Crippen LogP contribution is 2.33. The molecule has 1 aromatic carbocycles. The van der Waals surface area contributed by atoms with Crippen molar-refractivity contribution in [1.29, 1.82) is 0 Å². The van der Waals surface area contributed by atoms with Crippen molar-refractivity contribution in [1.82, 2.24) is 16.1 Å². The van der Waals surface area contributed by atoms with Gasteiger partial charge < -0.3 is 15.2 Å². The summed E-state index contributed by atoms with van der Waals surface area (Å²) in [4.78, 5) is 22.8. The summed E-state index contributed by atoms with van der Waals surface area (Å²) in [5.41, 5.74) is 1.97. The van der Waals surface area contributed by atoms with Crippen molar-refractivity contribution < 1.29 is 23.8 Å². The number of benzene rings is 1. The van der Waals surface area contributed by atoms with Gasteiger partial charge in [0.2, 0.25) is 11.8 Å². The van der Waals surface area contributed by atoms with E-state index in [1.807, 2.05) is 13.0 Å². The van der Waals surface area contributed by atoms with E-state index in [2.05, 4.69) is 26.4 Å². The van der Waals surface area contributed by atoms with Gasteiger partial charge >= 0.3 is 0 Å². The van der Waals surface area contributed by atoms with Crippen LogP contribution in [0, 0.1) is 11.7 Å². The average molecular weight is 476 g/mol. The molecule has 2 aliphatic rings. The summed E-state index contributed by atoms with van der Waals surface area (Å²) in [5.74, 6) is -0.264. The number of amides is 2. The number of carbonyl (C=O) groups is 2. The molecule has 1 heterocycles. The summed E-state index contributed by atoms with van der Waals surface area (Å²) in [7, 11) is 0. The van der Waals surface area contributed by atoms with Crippen LogP contribution in [-0.2, 0) is 15.2 Å². The molecule has 2 fully saturated rings. The molecule has 186 valence electrons. The molecular weight excluding hydrogens is 441 g/mol. The van der Waals surface area contributed by atoms with Crippen molar-refractivity contribution in [3.05, 3.63) is 41.9 Å². The van der Waals surface area contributed by atoms with Gasteiger partial charge in [0.15, 0.2) is 11.6 Å². The molecule has 2 atom stereocenters. The quantitative estimate of drug-likeness (QED) is 0.142. The lowest BCUT2D eigenvalue weighted by Crippen LogP contribution is -2.50. The summed E-state index contributed by atoms with van der Waals surface area (Å²) < 4.78 is 19.6. The lowest BCUT2D eigenvalue weighted by atomic mass is 9.91. The van der Waals surface area contributed by atoms with Gasteiger partial charge in [-0.1, -0.05) is 24.3 Å². The Morgan fingerprint density at radius 1 is 1.32 bits per heavy atom. The van der Waals surface area contributed by atoms with Crippen LogP contribution in [0.15, 0.2) is 40.8 Å². The molecule has 4 N–H and O–H groups in total. The van der Waals surface area contributed by atoms with Crippen LogP contribution in [0.2, 0.25) is 0 Å². The Bertz CT molecular complexity index is 905. The Morgan fingerprint density at radius 2 is 2.15 bits per heavy atom.